The van der Waals surface area contributed by atoms with Gasteiger partial charge in [-0.05, 0) is 44.4 Å². The van der Waals surface area contributed by atoms with Crippen molar-refractivity contribution in [3.8, 4) is 5.75 Å². The van der Waals surface area contributed by atoms with Crippen LogP contribution in [0.15, 0.2) is 24.3 Å². The molecule has 1 aromatic carbocycles. The highest BCUT2D eigenvalue weighted by molar-refractivity contribution is 6.10. The third-order valence-electron chi connectivity index (χ3n) is 5.98. The van der Waals surface area contributed by atoms with Crippen LogP contribution in [-0.4, -0.2) is 46.0 Å². The molecule has 3 rings (SSSR count). The average Bonchev–Trinajstić information content (AvgIpc) is 3.10. The van der Waals surface area contributed by atoms with Gasteiger partial charge < -0.3 is 9.84 Å². The minimum Gasteiger partial charge on any atom is -0.497 e. The van der Waals surface area contributed by atoms with Gasteiger partial charge in [0.2, 0.25) is 11.8 Å². The molecule has 0 radical (unpaired) electrons. The first kappa shape index (κ1) is 20.3. The highest BCUT2D eigenvalue weighted by Gasteiger charge is 2.70. The minimum atomic E-state index is -1.52. The molecule has 28 heavy (non-hydrogen) atoms. The number of aliphatic carboxylic acids is 1. The van der Waals surface area contributed by atoms with E-state index in [0.29, 0.717) is 5.75 Å². The summed E-state index contributed by atoms with van der Waals surface area (Å²) in [6.45, 7) is 8.90. The number of carboxylic acids is 1. The number of nitrogens with zero attached hydrogens (tertiary/aromatic N) is 1. The molecular formula is C21H28N2O5. The second-order valence-electron chi connectivity index (χ2n) is 8.91. The van der Waals surface area contributed by atoms with E-state index in [1.54, 1.807) is 59.9 Å². The van der Waals surface area contributed by atoms with Gasteiger partial charge in [-0.25, -0.2) is 0 Å². The van der Waals surface area contributed by atoms with Gasteiger partial charge in [0, 0.05) is 11.6 Å². The van der Waals surface area contributed by atoms with E-state index < -0.39 is 46.7 Å². The molecular weight excluding hydrogens is 360 g/mol. The first-order valence-electron chi connectivity index (χ1n) is 9.49. The Hall–Kier alpha value is -2.41. The number of benzene rings is 1. The van der Waals surface area contributed by atoms with Crippen LogP contribution >= 0.6 is 0 Å². The second-order valence-corrected chi connectivity index (χ2v) is 8.91. The lowest BCUT2D eigenvalue weighted by molar-refractivity contribution is -0.155. The molecule has 152 valence electrons. The van der Waals surface area contributed by atoms with Crippen LogP contribution in [0.1, 0.15) is 46.2 Å². The molecule has 2 aliphatic heterocycles. The summed E-state index contributed by atoms with van der Waals surface area (Å²) in [6.07, 6.45) is 0. The van der Waals surface area contributed by atoms with E-state index in [2.05, 4.69) is 5.32 Å². The van der Waals surface area contributed by atoms with Crippen LogP contribution in [0.25, 0.3) is 0 Å². The summed E-state index contributed by atoms with van der Waals surface area (Å²) >= 11 is 0. The van der Waals surface area contributed by atoms with Crippen LogP contribution in [0, 0.1) is 17.8 Å². The number of hydrogen-bond acceptors (Lipinski definition) is 5. The van der Waals surface area contributed by atoms with Gasteiger partial charge in [-0.3, -0.25) is 24.6 Å². The van der Waals surface area contributed by atoms with Crippen LogP contribution in [0.4, 0.5) is 0 Å². The number of methoxy groups -OCH3 is 1. The Balaban J connectivity index is 2.20. The van der Waals surface area contributed by atoms with Gasteiger partial charge in [0.15, 0.2) is 0 Å². The normalized spacial score (nSPS) is 30.1. The topological polar surface area (TPSA) is 95.9 Å². The molecule has 0 spiro atoms. The number of fused-ring (bicyclic) bond motifs is 1. The molecule has 7 heteroatoms. The molecule has 0 saturated carbocycles. The zero-order valence-electron chi connectivity index (χ0n) is 17.1. The fraction of sp³-hybridized carbons (Fsp3) is 0.571. The fourth-order valence-electron chi connectivity index (χ4n) is 4.70. The van der Waals surface area contributed by atoms with E-state index in [1.165, 1.54) is 4.90 Å². The van der Waals surface area contributed by atoms with Crippen LogP contribution in [0.5, 0.6) is 5.75 Å². The summed E-state index contributed by atoms with van der Waals surface area (Å²) in [7, 11) is 1.55. The summed E-state index contributed by atoms with van der Waals surface area (Å²) in [5.41, 5.74) is -1.51. The number of hydrogen-bond donors (Lipinski definition) is 2. The van der Waals surface area contributed by atoms with Gasteiger partial charge in [0.1, 0.15) is 11.3 Å². The Bertz CT molecular complexity index is 828. The number of carbonyl (C=O) groups excluding carboxylic acids is 2. The van der Waals surface area contributed by atoms with Crippen LogP contribution in [0.2, 0.25) is 0 Å². The third kappa shape index (κ3) is 2.71. The van der Waals surface area contributed by atoms with Crippen molar-refractivity contribution in [3.05, 3.63) is 29.8 Å². The molecule has 7 nitrogen and oxygen atoms in total. The van der Waals surface area contributed by atoms with E-state index in [4.69, 9.17) is 4.74 Å². The fourth-order valence-corrected chi connectivity index (χ4v) is 4.70. The number of amides is 2. The predicted molar refractivity (Wildman–Crippen MR) is 103 cm³/mol. The minimum absolute atomic E-state index is 0.327. The lowest BCUT2D eigenvalue weighted by Crippen LogP contribution is -2.60. The molecule has 4 unspecified atom stereocenters. The summed E-state index contributed by atoms with van der Waals surface area (Å²) in [5.74, 6) is -3.39. The molecule has 0 aromatic heterocycles. The van der Waals surface area contributed by atoms with Crippen molar-refractivity contribution in [2.24, 2.45) is 17.8 Å². The molecule has 0 aliphatic carbocycles. The summed E-state index contributed by atoms with van der Waals surface area (Å²) < 4.78 is 5.29. The number of rotatable bonds is 4. The van der Waals surface area contributed by atoms with Crippen molar-refractivity contribution in [2.45, 2.75) is 51.7 Å². The van der Waals surface area contributed by atoms with Gasteiger partial charge in [-0.2, -0.15) is 0 Å². The number of imide groups is 1. The van der Waals surface area contributed by atoms with Crippen molar-refractivity contribution in [3.63, 3.8) is 0 Å². The van der Waals surface area contributed by atoms with E-state index in [-0.39, 0.29) is 5.91 Å². The Morgan fingerprint density at radius 3 is 2.39 bits per heavy atom. The molecule has 2 amide bonds. The lowest BCUT2D eigenvalue weighted by atomic mass is 9.73. The Morgan fingerprint density at radius 2 is 1.89 bits per heavy atom. The van der Waals surface area contributed by atoms with Gasteiger partial charge in [0.05, 0.1) is 18.9 Å². The first-order valence-corrected chi connectivity index (χ1v) is 9.49. The zero-order chi connectivity index (χ0) is 21.0. The van der Waals surface area contributed by atoms with Gasteiger partial charge in [0.25, 0.3) is 0 Å². The summed E-state index contributed by atoms with van der Waals surface area (Å²) in [4.78, 5) is 40.4. The molecule has 2 saturated heterocycles. The molecule has 1 aromatic rings. The average molecular weight is 388 g/mol. The number of nitrogens with one attached hydrogen (secondary N) is 1. The SMILES string of the molecule is COc1cccc(C2NC(C(=O)O)(C(C)C)C3C(=O)N(C(C)(C)C)C(=O)C23)c1. The van der Waals surface area contributed by atoms with Crippen molar-refractivity contribution < 1.29 is 24.2 Å². The number of carbonyl (C=O) groups is 3. The van der Waals surface area contributed by atoms with E-state index >= 15 is 0 Å². The molecule has 2 heterocycles. The maximum absolute atomic E-state index is 13.4. The third-order valence-corrected chi connectivity index (χ3v) is 5.98. The van der Waals surface area contributed by atoms with Crippen LogP contribution in [0.3, 0.4) is 0 Å². The van der Waals surface area contributed by atoms with Crippen molar-refractivity contribution >= 4 is 17.8 Å². The Morgan fingerprint density at radius 1 is 1.25 bits per heavy atom. The smallest absolute Gasteiger partial charge is 0.325 e. The number of likely N-dealkylation sites (tertiary alicyclic amines) is 1. The summed E-state index contributed by atoms with van der Waals surface area (Å²) in [5, 5.41) is 13.4. The molecule has 4 atom stereocenters. The highest BCUT2D eigenvalue weighted by atomic mass is 16.5. The maximum Gasteiger partial charge on any atom is 0.325 e. The lowest BCUT2D eigenvalue weighted by Gasteiger charge is -2.37. The monoisotopic (exact) mass is 388 g/mol. The van der Waals surface area contributed by atoms with Crippen molar-refractivity contribution in [2.75, 3.05) is 7.11 Å². The molecule has 2 aliphatic rings. The Kier molecular flexibility index (Phi) is 4.78. The van der Waals surface area contributed by atoms with Gasteiger partial charge in [-0.1, -0.05) is 26.0 Å². The highest BCUT2D eigenvalue weighted by Crippen LogP contribution is 2.52. The predicted octanol–water partition coefficient (Wildman–Crippen LogP) is 2.22. The maximum atomic E-state index is 13.4. The van der Waals surface area contributed by atoms with Crippen LogP contribution in [-0.2, 0) is 14.4 Å². The van der Waals surface area contributed by atoms with E-state index in [0.717, 1.165) is 5.56 Å². The van der Waals surface area contributed by atoms with Gasteiger partial charge >= 0.3 is 5.97 Å². The van der Waals surface area contributed by atoms with Crippen molar-refractivity contribution in [1.82, 2.24) is 10.2 Å². The Labute approximate surface area is 165 Å². The van der Waals surface area contributed by atoms with E-state index in [9.17, 15) is 19.5 Å². The molecule has 2 fully saturated rings. The second kappa shape index (κ2) is 6.58. The molecule has 0 bridgehead atoms. The first-order chi connectivity index (χ1) is 13.0. The largest absolute Gasteiger partial charge is 0.497 e. The van der Waals surface area contributed by atoms with Crippen molar-refractivity contribution in [1.29, 1.82) is 0 Å². The zero-order valence-corrected chi connectivity index (χ0v) is 17.1. The van der Waals surface area contributed by atoms with E-state index in [1.807, 2.05) is 6.07 Å². The summed E-state index contributed by atoms with van der Waals surface area (Å²) in [6, 6.07) is 6.59. The molecule has 2 N–H and O–H groups in total. The number of carboxylic acid groups (broad SMARTS) is 1. The van der Waals surface area contributed by atoms with Crippen LogP contribution < -0.4 is 10.1 Å². The quantitative estimate of drug-likeness (QED) is 0.768. The standard InChI is InChI=1S/C21H28N2O5/c1-11(2)21(19(26)27)15-14(17(24)23(18(15)25)20(3,4)5)16(22-21)12-8-7-9-13(10-12)28-6/h7-11,14-16,22H,1-6H3,(H,26,27). The number of ether oxygens (including phenoxy) is 1. The van der Waals surface area contributed by atoms with Gasteiger partial charge in [-0.15, -0.1) is 0 Å².